The molecule has 0 heterocycles. The second-order valence-corrected chi connectivity index (χ2v) is 5.13. The summed E-state index contributed by atoms with van der Waals surface area (Å²) in [5, 5.41) is 9.01. The minimum atomic E-state index is 0.0737. The SMILES string of the molecule is CC(C)c1ccc(C(C)(C)CCO)cc1. The van der Waals surface area contributed by atoms with E-state index in [1.807, 2.05) is 0 Å². The Labute approximate surface area is 93.1 Å². The van der Waals surface area contributed by atoms with Crippen LogP contribution in [0.5, 0.6) is 0 Å². The van der Waals surface area contributed by atoms with E-state index in [-0.39, 0.29) is 12.0 Å². The Hall–Kier alpha value is -0.820. The first kappa shape index (κ1) is 12.3. The molecule has 1 aromatic rings. The molecule has 15 heavy (non-hydrogen) atoms. The topological polar surface area (TPSA) is 20.2 Å². The zero-order chi connectivity index (χ0) is 11.5. The van der Waals surface area contributed by atoms with Crippen molar-refractivity contribution in [1.29, 1.82) is 0 Å². The van der Waals surface area contributed by atoms with Crippen LogP contribution in [-0.2, 0) is 5.41 Å². The second-order valence-electron chi connectivity index (χ2n) is 5.13. The first-order valence-electron chi connectivity index (χ1n) is 5.68. The van der Waals surface area contributed by atoms with Crippen LogP contribution in [0.2, 0.25) is 0 Å². The van der Waals surface area contributed by atoms with Crippen molar-refractivity contribution in [2.75, 3.05) is 6.61 Å². The second kappa shape index (κ2) is 4.80. The van der Waals surface area contributed by atoms with Crippen molar-refractivity contribution in [3.8, 4) is 0 Å². The van der Waals surface area contributed by atoms with Gasteiger partial charge in [0.2, 0.25) is 0 Å². The van der Waals surface area contributed by atoms with Gasteiger partial charge in [-0.15, -0.1) is 0 Å². The molecule has 0 fully saturated rings. The van der Waals surface area contributed by atoms with Gasteiger partial charge in [-0.3, -0.25) is 0 Å². The summed E-state index contributed by atoms with van der Waals surface area (Å²) in [6.45, 7) is 9.00. The molecule has 0 saturated carbocycles. The summed E-state index contributed by atoms with van der Waals surface area (Å²) in [5.74, 6) is 0.583. The Morgan fingerprint density at radius 1 is 1.13 bits per heavy atom. The van der Waals surface area contributed by atoms with E-state index >= 15 is 0 Å². The van der Waals surface area contributed by atoms with Gasteiger partial charge in [-0.05, 0) is 28.9 Å². The molecule has 0 unspecified atom stereocenters. The third kappa shape index (κ3) is 3.07. The van der Waals surface area contributed by atoms with Gasteiger partial charge in [-0.25, -0.2) is 0 Å². The molecule has 0 radical (unpaired) electrons. The van der Waals surface area contributed by atoms with Crippen molar-refractivity contribution in [1.82, 2.24) is 0 Å². The average Bonchev–Trinajstić information content (AvgIpc) is 2.18. The molecule has 0 aromatic heterocycles. The van der Waals surface area contributed by atoms with E-state index in [1.54, 1.807) is 0 Å². The van der Waals surface area contributed by atoms with Crippen LogP contribution in [0.15, 0.2) is 24.3 Å². The van der Waals surface area contributed by atoms with Crippen molar-refractivity contribution in [2.45, 2.75) is 45.4 Å². The van der Waals surface area contributed by atoms with E-state index in [0.717, 1.165) is 6.42 Å². The molecule has 84 valence electrons. The van der Waals surface area contributed by atoms with Gasteiger partial charge < -0.3 is 5.11 Å². The van der Waals surface area contributed by atoms with Crippen molar-refractivity contribution in [2.24, 2.45) is 0 Å². The quantitative estimate of drug-likeness (QED) is 0.799. The summed E-state index contributed by atoms with van der Waals surface area (Å²) in [6, 6.07) is 8.76. The van der Waals surface area contributed by atoms with E-state index < -0.39 is 0 Å². The number of aliphatic hydroxyl groups excluding tert-OH is 1. The minimum absolute atomic E-state index is 0.0737. The lowest BCUT2D eigenvalue weighted by Crippen LogP contribution is -2.18. The van der Waals surface area contributed by atoms with Gasteiger partial charge >= 0.3 is 0 Å². The highest BCUT2D eigenvalue weighted by atomic mass is 16.3. The molecular formula is C14H22O. The first-order valence-corrected chi connectivity index (χ1v) is 5.68. The minimum Gasteiger partial charge on any atom is -0.396 e. The third-order valence-electron chi connectivity index (χ3n) is 3.10. The monoisotopic (exact) mass is 206 g/mol. The fourth-order valence-electron chi connectivity index (χ4n) is 1.74. The van der Waals surface area contributed by atoms with Crippen molar-refractivity contribution < 1.29 is 5.11 Å². The highest BCUT2D eigenvalue weighted by Crippen LogP contribution is 2.27. The fourth-order valence-corrected chi connectivity index (χ4v) is 1.74. The standard InChI is InChI=1S/C14H22O/c1-11(2)12-5-7-13(8-6-12)14(3,4)9-10-15/h5-8,11,15H,9-10H2,1-4H3. The van der Waals surface area contributed by atoms with Crippen LogP contribution in [0.25, 0.3) is 0 Å². The molecule has 0 aliphatic heterocycles. The van der Waals surface area contributed by atoms with Crippen molar-refractivity contribution in [3.63, 3.8) is 0 Å². The molecule has 1 nitrogen and oxygen atoms in total. The lowest BCUT2D eigenvalue weighted by molar-refractivity contribution is 0.252. The molecule has 1 heteroatoms. The molecule has 1 N–H and O–H groups in total. The van der Waals surface area contributed by atoms with Crippen LogP contribution < -0.4 is 0 Å². The van der Waals surface area contributed by atoms with Crippen molar-refractivity contribution >= 4 is 0 Å². The highest BCUT2D eigenvalue weighted by molar-refractivity contribution is 5.29. The van der Waals surface area contributed by atoms with Gasteiger partial charge in [-0.2, -0.15) is 0 Å². The molecule has 1 aromatic carbocycles. The Morgan fingerprint density at radius 3 is 2.07 bits per heavy atom. The molecule has 0 amide bonds. The number of hydrogen-bond donors (Lipinski definition) is 1. The predicted molar refractivity (Wildman–Crippen MR) is 65.3 cm³/mol. The zero-order valence-electron chi connectivity index (χ0n) is 10.2. The van der Waals surface area contributed by atoms with E-state index in [4.69, 9.17) is 5.11 Å². The normalized spacial score (nSPS) is 12.1. The van der Waals surface area contributed by atoms with Crippen LogP contribution in [0.3, 0.4) is 0 Å². The maximum atomic E-state index is 9.01. The summed E-state index contributed by atoms with van der Waals surface area (Å²) in [4.78, 5) is 0. The molecule has 1 rings (SSSR count). The smallest absolute Gasteiger partial charge is 0.0439 e. The fraction of sp³-hybridized carbons (Fsp3) is 0.571. The number of rotatable bonds is 4. The summed E-state index contributed by atoms with van der Waals surface area (Å²) in [6.07, 6.45) is 0.814. The van der Waals surface area contributed by atoms with Crippen LogP contribution in [-0.4, -0.2) is 11.7 Å². The molecule has 0 atom stereocenters. The van der Waals surface area contributed by atoms with Crippen LogP contribution >= 0.6 is 0 Å². The lowest BCUT2D eigenvalue weighted by atomic mass is 9.81. The summed E-state index contributed by atoms with van der Waals surface area (Å²) in [7, 11) is 0. The number of hydrogen-bond acceptors (Lipinski definition) is 1. The van der Waals surface area contributed by atoms with Gasteiger partial charge in [0.1, 0.15) is 0 Å². The molecule has 0 saturated heterocycles. The highest BCUT2D eigenvalue weighted by Gasteiger charge is 2.19. The molecule has 0 bridgehead atoms. The summed E-state index contributed by atoms with van der Waals surface area (Å²) >= 11 is 0. The Balaban J connectivity index is 2.88. The summed E-state index contributed by atoms with van der Waals surface area (Å²) < 4.78 is 0. The Kier molecular flexibility index (Phi) is 3.92. The first-order chi connectivity index (χ1) is 6.97. The maximum Gasteiger partial charge on any atom is 0.0439 e. The lowest BCUT2D eigenvalue weighted by Gasteiger charge is -2.24. The zero-order valence-corrected chi connectivity index (χ0v) is 10.2. The van der Waals surface area contributed by atoms with E-state index in [9.17, 15) is 0 Å². The van der Waals surface area contributed by atoms with E-state index in [2.05, 4.69) is 52.0 Å². The van der Waals surface area contributed by atoms with Crippen LogP contribution in [0, 0.1) is 0 Å². The average molecular weight is 206 g/mol. The van der Waals surface area contributed by atoms with E-state index in [0.29, 0.717) is 5.92 Å². The number of benzene rings is 1. The van der Waals surface area contributed by atoms with Gasteiger partial charge in [0.25, 0.3) is 0 Å². The Bertz CT molecular complexity index is 296. The predicted octanol–water partition coefficient (Wildman–Crippen LogP) is 3.47. The number of aliphatic hydroxyl groups is 1. The van der Waals surface area contributed by atoms with Gasteiger partial charge in [-0.1, -0.05) is 52.0 Å². The van der Waals surface area contributed by atoms with E-state index in [1.165, 1.54) is 11.1 Å². The molecule has 0 aliphatic rings. The third-order valence-corrected chi connectivity index (χ3v) is 3.10. The van der Waals surface area contributed by atoms with Gasteiger partial charge in [0.05, 0.1) is 0 Å². The van der Waals surface area contributed by atoms with Gasteiger partial charge in [0.15, 0.2) is 0 Å². The molecule has 0 spiro atoms. The maximum absolute atomic E-state index is 9.01. The molecule has 0 aliphatic carbocycles. The van der Waals surface area contributed by atoms with Crippen molar-refractivity contribution in [3.05, 3.63) is 35.4 Å². The molecular weight excluding hydrogens is 184 g/mol. The summed E-state index contributed by atoms with van der Waals surface area (Å²) in [5.41, 5.74) is 2.75. The van der Waals surface area contributed by atoms with Crippen LogP contribution in [0.1, 0.15) is 51.2 Å². The largest absolute Gasteiger partial charge is 0.396 e. The van der Waals surface area contributed by atoms with Gasteiger partial charge in [0, 0.05) is 6.61 Å². The van der Waals surface area contributed by atoms with Crippen LogP contribution in [0.4, 0.5) is 0 Å². The Morgan fingerprint density at radius 2 is 1.67 bits per heavy atom.